The smallest absolute Gasteiger partial charge is 0.245 e. The van der Waals surface area contributed by atoms with Crippen LogP contribution in [0.15, 0.2) is 28.7 Å². The fourth-order valence-corrected chi connectivity index (χ4v) is 2.11. The Morgan fingerprint density at radius 2 is 2.11 bits per heavy atom. The maximum Gasteiger partial charge on any atom is 0.245 e. The van der Waals surface area contributed by atoms with Crippen molar-refractivity contribution >= 4 is 16.8 Å². The summed E-state index contributed by atoms with van der Waals surface area (Å²) in [6.07, 6.45) is 0.896. The van der Waals surface area contributed by atoms with E-state index in [9.17, 15) is 0 Å². The van der Waals surface area contributed by atoms with Crippen molar-refractivity contribution in [2.75, 3.05) is 5.73 Å². The number of rotatable bonds is 3. The summed E-state index contributed by atoms with van der Waals surface area (Å²) in [5.41, 5.74) is 9.89. The number of anilines is 1. The van der Waals surface area contributed by atoms with Gasteiger partial charge in [-0.2, -0.15) is 5.10 Å². The predicted molar refractivity (Wildman–Crippen MR) is 74.7 cm³/mol. The summed E-state index contributed by atoms with van der Waals surface area (Å²) in [6.45, 7) is 4.92. The van der Waals surface area contributed by atoms with Crippen molar-refractivity contribution in [3.8, 4) is 11.6 Å². The van der Waals surface area contributed by atoms with Crippen molar-refractivity contribution in [3.63, 3.8) is 0 Å². The first-order valence-corrected chi connectivity index (χ1v) is 6.44. The quantitative estimate of drug-likeness (QED) is 0.731. The lowest BCUT2D eigenvalue weighted by atomic mass is 10.3. The van der Waals surface area contributed by atoms with Gasteiger partial charge in [-0.25, -0.2) is 4.98 Å². The van der Waals surface area contributed by atoms with Crippen LogP contribution in [-0.2, 0) is 13.0 Å². The molecule has 0 saturated carbocycles. The fraction of sp³-hybridized carbons (Fsp3) is 0.286. The van der Waals surface area contributed by atoms with Gasteiger partial charge in [0.25, 0.3) is 0 Å². The summed E-state index contributed by atoms with van der Waals surface area (Å²) < 4.78 is 7.69. The Morgan fingerprint density at radius 3 is 2.84 bits per heavy atom. The average molecular weight is 256 g/mol. The van der Waals surface area contributed by atoms with Gasteiger partial charge in [-0.3, -0.25) is 4.68 Å². The molecule has 0 fully saturated rings. The zero-order chi connectivity index (χ0) is 13.4. The molecule has 0 unspecified atom stereocenters. The van der Waals surface area contributed by atoms with Gasteiger partial charge < -0.3 is 10.2 Å². The lowest BCUT2D eigenvalue weighted by molar-refractivity contribution is 0.590. The highest BCUT2D eigenvalue weighted by Crippen LogP contribution is 2.26. The van der Waals surface area contributed by atoms with E-state index in [4.69, 9.17) is 10.2 Å². The van der Waals surface area contributed by atoms with Crippen LogP contribution in [0.5, 0.6) is 0 Å². The maximum absolute atomic E-state index is 5.78. The van der Waals surface area contributed by atoms with E-state index in [0.717, 1.165) is 29.9 Å². The molecular formula is C14H16N4O. The predicted octanol–water partition coefficient (Wildman–Crippen LogP) is 2.86. The SMILES string of the molecule is CCc1cc(-c2nc3ccc(N)cc3o2)n(CC)n1. The van der Waals surface area contributed by atoms with Crippen LogP contribution in [0, 0.1) is 0 Å². The number of nitrogen functional groups attached to an aromatic ring is 1. The Balaban J connectivity index is 2.15. The van der Waals surface area contributed by atoms with Crippen molar-refractivity contribution in [1.29, 1.82) is 0 Å². The summed E-state index contributed by atoms with van der Waals surface area (Å²) in [5, 5.41) is 4.50. The van der Waals surface area contributed by atoms with Crippen molar-refractivity contribution in [2.45, 2.75) is 26.8 Å². The minimum Gasteiger partial charge on any atom is -0.435 e. The van der Waals surface area contributed by atoms with Gasteiger partial charge in [0.1, 0.15) is 11.2 Å². The third-order valence-corrected chi connectivity index (χ3v) is 3.12. The van der Waals surface area contributed by atoms with Gasteiger partial charge in [0.05, 0.1) is 5.69 Å². The molecule has 0 atom stereocenters. The van der Waals surface area contributed by atoms with E-state index in [2.05, 4.69) is 23.9 Å². The molecule has 2 heterocycles. The van der Waals surface area contributed by atoms with Gasteiger partial charge in [-0.15, -0.1) is 0 Å². The molecule has 3 aromatic rings. The van der Waals surface area contributed by atoms with Crippen LogP contribution in [0.3, 0.4) is 0 Å². The van der Waals surface area contributed by atoms with E-state index in [0.29, 0.717) is 17.2 Å². The van der Waals surface area contributed by atoms with Crippen molar-refractivity contribution in [3.05, 3.63) is 30.0 Å². The Labute approximate surface area is 111 Å². The molecule has 2 aromatic heterocycles. The molecule has 0 spiro atoms. The van der Waals surface area contributed by atoms with Crippen LogP contribution in [-0.4, -0.2) is 14.8 Å². The summed E-state index contributed by atoms with van der Waals surface area (Å²) in [5.74, 6) is 0.592. The Kier molecular flexibility index (Phi) is 2.74. The zero-order valence-electron chi connectivity index (χ0n) is 11.1. The molecule has 0 aliphatic heterocycles. The zero-order valence-corrected chi connectivity index (χ0v) is 11.1. The highest BCUT2D eigenvalue weighted by atomic mass is 16.3. The Bertz CT molecular complexity index is 726. The van der Waals surface area contributed by atoms with Crippen LogP contribution in [0.4, 0.5) is 5.69 Å². The third-order valence-electron chi connectivity index (χ3n) is 3.12. The summed E-state index contributed by atoms with van der Waals surface area (Å²) in [4.78, 5) is 4.50. The number of oxazole rings is 1. The number of nitrogens with zero attached hydrogens (tertiary/aromatic N) is 3. The monoisotopic (exact) mass is 256 g/mol. The van der Waals surface area contributed by atoms with E-state index in [1.54, 1.807) is 6.07 Å². The van der Waals surface area contributed by atoms with E-state index in [1.165, 1.54) is 0 Å². The number of aromatic nitrogens is 3. The molecule has 98 valence electrons. The Hall–Kier alpha value is -2.30. The molecule has 0 aliphatic carbocycles. The fourth-order valence-electron chi connectivity index (χ4n) is 2.11. The molecule has 0 amide bonds. The van der Waals surface area contributed by atoms with Crippen LogP contribution in [0.1, 0.15) is 19.5 Å². The molecule has 3 rings (SSSR count). The van der Waals surface area contributed by atoms with Gasteiger partial charge >= 0.3 is 0 Å². The van der Waals surface area contributed by atoms with Gasteiger partial charge in [-0.1, -0.05) is 6.92 Å². The lowest BCUT2D eigenvalue weighted by Gasteiger charge is -1.98. The lowest BCUT2D eigenvalue weighted by Crippen LogP contribution is -1.99. The topological polar surface area (TPSA) is 69.9 Å². The number of fused-ring (bicyclic) bond motifs is 1. The minimum absolute atomic E-state index is 0.592. The van der Waals surface area contributed by atoms with Crippen molar-refractivity contribution in [1.82, 2.24) is 14.8 Å². The largest absolute Gasteiger partial charge is 0.435 e. The summed E-state index contributed by atoms with van der Waals surface area (Å²) >= 11 is 0. The second-order valence-corrected chi connectivity index (χ2v) is 4.44. The second-order valence-electron chi connectivity index (χ2n) is 4.44. The van der Waals surface area contributed by atoms with Crippen LogP contribution in [0.25, 0.3) is 22.7 Å². The van der Waals surface area contributed by atoms with E-state index in [-0.39, 0.29) is 0 Å². The number of hydrogen-bond acceptors (Lipinski definition) is 4. The Morgan fingerprint density at radius 1 is 1.26 bits per heavy atom. The second kappa shape index (κ2) is 4.42. The van der Waals surface area contributed by atoms with Crippen LogP contribution < -0.4 is 5.73 Å². The van der Waals surface area contributed by atoms with Crippen molar-refractivity contribution in [2.24, 2.45) is 0 Å². The maximum atomic E-state index is 5.78. The molecular weight excluding hydrogens is 240 g/mol. The molecule has 0 aliphatic rings. The average Bonchev–Trinajstić information content (AvgIpc) is 3.00. The summed E-state index contributed by atoms with van der Waals surface area (Å²) in [7, 11) is 0. The molecule has 0 bridgehead atoms. The third kappa shape index (κ3) is 1.97. The van der Waals surface area contributed by atoms with E-state index >= 15 is 0 Å². The highest BCUT2D eigenvalue weighted by Gasteiger charge is 2.14. The molecule has 1 aromatic carbocycles. The molecule has 5 nitrogen and oxygen atoms in total. The number of hydrogen-bond donors (Lipinski definition) is 1. The summed E-state index contributed by atoms with van der Waals surface area (Å²) in [6, 6.07) is 7.51. The number of benzene rings is 1. The van der Waals surface area contributed by atoms with Crippen LogP contribution in [0.2, 0.25) is 0 Å². The normalized spacial score (nSPS) is 11.3. The van der Waals surface area contributed by atoms with Gasteiger partial charge in [0.2, 0.25) is 5.89 Å². The standard InChI is InChI=1S/C14H16N4O/c1-3-10-8-12(18(4-2)17-10)14-16-11-6-5-9(15)7-13(11)19-14/h5-8H,3-4,15H2,1-2H3. The first-order chi connectivity index (χ1) is 9.21. The van der Waals surface area contributed by atoms with Gasteiger partial charge in [-0.05, 0) is 31.5 Å². The first kappa shape index (κ1) is 11.8. The number of nitrogens with two attached hydrogens (primary N) is 1. The van der Waals surface area contributed by atoms with Crippen molar-refractivity contribution < 1.29 is 4.42 Å². The first-order valence-electron chi connectivity index (χ1n) is 6.44. The number of aryl methyl sites for hydroxylation is 2. The molecule has 0 radical (unpaired) electrons. The van der Waals surface area contributed by atoms with E-state index < -0.39 is 0 Å². The molecule has 5 heteroatoms. The molecule has 2 N–H and O–H groups in total. The molecule has 19 heavy (non-hydrogen) atoms. The highest BCUT2D eigenvalue weighted by molar-refractivity contribution is 5.78. The molecule has 0 saturated heterocycles. The van der Waals surface area contributed by atoms with Gasteiger partial charge in [0, 0.05) is 18.3 Å². The van der Waals surface area contributed by atoms with E-state index in [1.807, 2.05) is 22.9 Å². The van der Waals surface area contributed by atoms with Crippen LogP contribution >= 0.6 is 0 Å². The van der Waals surface area contributed by atoms with Gasteiger partial charge in [0.15, 0.2) is 5.58 Å². The minimum atomic E-state index is 0.592.